The topological polar surface area (TPSA) is 87.2 Å². The third kappa shape index (κ3) is 4.78. The Labute approximate surface area is 166 Å². The number of aromatic nitrogens is 2. The normalized spacial score (nSPS) is 12.3. The summed E-state index contributed by atoms with van der Waals surface area (Å²) in [5.74, 6) is -0.602. The number of likely N-dealkylation sites (N-methyl/N-ethyl adjacent to an activating group) is 1. The van der Waals surface area contributed by atoms with Gasteiger partial charge >= 0.3 is 0 Å². The van der Waals surface area contributed by atoms with Crippen LogP contribution in [0.25, 0.3) is 10.8 Å². The lowest BCUT2D eigenvalue weighted by Crippen LogP contribution is -2.36. The van der Waals surface area contributed by atoms with Crippen molar-refractivity contribution in [1.29, 1.82) is 0 Å². The van der Waals surface area contributed by atoms with Crippen molar-refractivity contribution in [1.82, 2.24) is 20.0 Å². The van der Waals surface area contributed by atoms with Gasteiger partial charge in [-0.15, -0.1) is 0 Å². The molecule has 0 saturated heterocycles. The molecule has 7 nitrogen and oxygen atoms in total. The van der Waals surface area contributed by atoms with Crippen LogP contribution in [0.3, 0.4) is 0 Å². The molecule has 2 N–H and O–H groups in total. The van der Waals surface area contributed by atoms with E-state index in [-0.39, 0.29) is 41.9 Å². The van der Waals surface area contributed by atoms with E-state index in [0.717, 1.165) is 10.2 Å². The third-order valence-electron chi connectivity index (χ3n) is 4.80. The number of carbonyl (C=O) groups is 1. The van der Waals surface area contributed by atoms with E-state index in [2.05, 4.69) is 10.4 Å². The van der Waals surface area contributed by atoms with Crippen LogP contribution in [0.5, 0.6) is 0 Å². The van der Waals surface area contributed by atoms with E-state index in [1.54, 1.807) is 36.4 Å². The number of nitrogens with one attached hydrogen (secondary N) is 2. The second-order valence-electron chi connectivity index (χ2n) is 7.03. The van der Waals surface area contributed by atoms with Crippen molar-refractivity contribution >= 4 is 16.7 Å². The fraction of sp³-hybridized carbons (Fsp3) is 0.286. The average molecular weight is 398 g/mol. The predicted molar refractivity (Wildman–Crippen MR) is 109 cm³/mol. The van der Waals surface area contributed by atoms with Crippen LogP contribution in [0.2, 0.25) is 0 Å². The first-order valence-electron chi connectivity index (χ1n) is 9.27. The minimum absolute atomic E-state index is 0.0253. The van der Waals surface area contributed by atoms with Crippen LogP contribution in [-0.2, 0) is 11.3 Å². The van der Waals surface area contributed by atoms with E-state index in [0.29, 0.717) is 17.3 Å². The van der Waals surface area contributed by atoms with Crippen LogP contribution in [0.15, 0.2) is 58.1 Å². The summed E-state index contributed by atoms with van der Waals surface area (Å²) in [5, 5.41) is 5.96. The highest BCUT2D eigenvalue weighted by molar-refractivity contribution is 5.80. The SMILES string of the molecule is CN(C)C(CNC(=O)CCn1[nH]c(=O)c2ccccc2c1=O)c1cccc(F)c1. The number of fused-ring (bicyclic) bond motifs is 1. The summed E-state index contributed by atoms with van der Waals surface area (Å²) in [5.41, 5.74) is 0.0312. The standard InChI is InChI=1S/C21H23FN4O3/c1-25(2)18(14-6-5-7-15(22)12-14)13-23-19(27)10-11-26-21(29)17-9-4-3-8-16(17)20(28)24-26/h3-9,12,18H,10-11,13H2,1-2H3,(H,23,27)(H,24,28). The monoisotopic (exact) mass is 398 g/mol. The summed E-state index contributed by atoms with van der Waals surface area (Å²) in [7, 11) is 3.70. The highest BCUT2D eigenvalue weighted by Crippen LogP contribution is 2.18. The Morgan fingerprint density at radius 1 is 1.14 bits per heavy atom. The summed E-state index contributed by atoms with van der Waals surface area (Å²) in [6, 6.07) is 12.6. The molecular weight excluding hydrogens is 375 g/mol. The molecule has 0 aliphatic rings. The van der Waals surface area contributed by atoms with Gasteiger partial charge in [-0.1, -0.05) is 24.3 Å². The van der Waals surface area contributed by atoms with Crippen LogP contribution in [0.4, 0.5) is 4.39 Å². The minimum Gasteiger partial charge on any atom is -0.354 e. The quantitative estimate of drug-likeness (QED) is 0.633. The molecule has 29 heavy (non-hydrogen) atoms. The average Bonchev–Trinajstić information content (AvgIpc) is 2.69. The summed E-state index contributed by atoms with van der Waals surface area (Å²) in [6.45, 7) is 0.343. The van der Waals surface area contributed by atoms with Crippen LogP contribution >= 0.6 is 0 Å². The van der Waals surface area contributed by atoms with E-state index in [4.69, 9.17) is 0 Å². The Hall–Kier alpha value is -3.26. The van der Waals surface area contributed by atoms with Crippen molar-refractivity contribution in [2.75, 3.05) is 20.6 Å². The number of carbonyl (C=O) groups excluding carboxylic acids is 1. The number of rotatable bonds is 7. The van der Waals surface area contributed by atoms with Crippen LogP contribution in [0, 0.1) is 5.82 Å². The van der Waals surface area contributed by atoms with E-state index >= 15 is 0 Å². The Morgan fingerprint density at radius 2 is 1.86 bits per heavy atom. The molecule has 0 bridgehead atoms. The maximum atomic E-state index is 13.5. The molecule has 0 aliphatic heterocycles. The van der Waals surface area contributed by atoms with Gasteiger partial charge in [0.25, 0.3) is 11.1 Å². The summed E-state index contributed by atoms with van der Waals surface area (Å²) in [6.07, 6.45) is 0.0253. The molecule has 3 aromatic rings. The maximum Gasteiger partial charge on any atom is 0.273 e. The van der Waals surface area contributed by atoms with Crippen molar-refractivity contribution < 1.29 is 9.18 Å². The number of nitrogens with zero attached hydrogens (tertiary/aromatic N) is 2. The molecule has 2 aromatic carbocycles. The van der Waals surface area contributed by atoms with Gasteiger partial charge in [-0.25, -0.2) is 9.07 Å². The molecule has 0 radical (unpaired) electrons. The van der Waals surface area contributed by atoms with E-state index in [9.17, 15) is 18.8 Å². The minimum atomic E-state index is -0.376. The zero-order valence-electron chi connectivity index (χ0n) is 16.3. The van der Waals surface area contributed by atoms with Gasteiger partial charge in [0, 0.05) is 13.0 Å². The molecule has 152 valence electrons. The van der Waals surface area contributed by atoms with E-state index < -0.39 is 0 Å². The second-order valence-corrected chi connectivity index (χ2v) is 7.03. The molecule has 0 spiro atoms. The molecule has 1 heterocycles. The number of aromatic amines is 1. The Morgan fingerprint density at radius 3 is 2.55 bits per heavy atom. The molecule has 1 amide bonds. The lowest BCUT2D eigenvalue weighted by molar-refractivity contribution is -0.121. The Bertz CT molecular complexity index is 1140. The lowest BCUT2D eigenvalue weighted by atomic mass is 10.1. The molecule has 8 heteroatoms. The van der Waals surface area contributed by atoms with Gasteiger partial charge in [0.2, 0.25) is 5.91 Å². The molecule has 0 aliphatic carbocycles. The first kappa shape index (κ1) is 20.5. The van der Waals surface area contributed by atoms with Crippen molar-refractivity contribution in [2.24, 2.45) is 0 Å². The zero-order chi connectivity index (χ0) is 21.0. The molecule has 3 rings (SSSR count). The van der Waals surface area contributed by atoms with Gasteiger partial charge in [-0.2, -0.15) is 0 Å². The Balaban J connectivity index is 1.65. The summed E-state index contributed by atoms with van der Waals surface area (Å²) in [4.78, 5) is 38.8. The van der Waals surface area contributed by atoms with Gasteiger partial charge in [0.15, 0.2) is 0 Å². The number of hydrogen-bond donors (Lipinski definition) is 2. The first-order chi connectivity index (χ1) is 13.9. The van der Waals surface area contributed by atoms with Crippen molar-refractivity contribution in [2.45, 2.75) is 19.0 Å². The molecule has 1 aromatic heterocycles. The third-order valence-corrected chi connectivity index (χ3v) is 4.80. The molecule has 0 saturated carbocycles. The maximum absolute atomic E-state index is 13.5. The van der Waals surface area contributed by atoms with Crippen molar-refractivity contribution in [3.05, 3.63) is 80.6 Å². The number of benzene rings is 2. The van der Waals surface area contributed by atoms with Crippen molar-refractivity contribution in [3.63, 3.8) is 0 Å². The zero-order valence-corrected chi connectivity index (χ0v) is 16.3. The van der Waals surface area contributed by atoms with Gasteiger partial charge in [0.1, 0.15) is 5.82 Å². The lowest BCUT2D eigenvalue weighted by Gasteiger charge is -2.25. The van der Waals surface area contributed by atoms with Gasteiger partial charge < -0.3 is 10.2 Å². The fourth-order valence-corrected chi connectivity index (χ4v) is 3.23. The van der Waals surface area contributed by atoms with Crippen LogP contribution in [-0.4, -0.2) is 41.2 Å². The highest BCUT2D eigenvalue weighted by Gasteiger charge is 2.16. The predicted octanol–water partition coefficient (Wildman–Crippen LogP) is 1.64. The largest absolute Gasteiger partial charge is 0.354 e. The van der Waals surface area contributed by atoms with Crippen LogP contribution in [0.1, 0.15) is 18.0 Å². The number of halogens is 1. The van der Waals surface area contributed by atoms with Crippen LogP contribution < -0.4 is 16.4 Å². The number of hydrogen-bond acceptors (Lipinski definition) is 4. The van der Waals surface area contributed by atoms with Gasteiger partial charge in [0.05, 0.1) is 23.4 Å². The van der Waals surface area contributed by atoms with E-state index in [1.165, 1.54) is 12.1 Å². The smallest absolute Gasteiger partial charge is 0.273 e. The summed E-state index contributed by atoms with van der Waals surface area (Å²) < 4.78 is 14.7. The number of amides is 1. The molecule has 1 atom stereocenters. The number of aryl methyl sites for hydroxylation is 1. The van der Waals surface area contributed by atoms with Crippen molar-refractivity contribution in [3.8, 4) is 0 Å². The van der Waals surface area contributed by atoms with E-state index in [1.807, 2.05) is 19.0 Å². The second kappa shape index (κ2) is 8.83. The van der Waals surface area contributed by atoms with Gasteiger partial charge in [-0.3, -0.25) is 19.5 Å². The first-order valence-corrected chi connectivity index (χ1v) is 9.27. The molecule has 1 unspecified atom stereocenters. The molecular formula is C21H23FN4O3. The molecule has 0 fully saturated rings. The fourth-order valence-electron chi connectivity index (χ4n) is 3.23. The highest BCUT2D eigenvalue weighted by atomic mass is 19.1. The Kier molecular flexibility index (Phi) is 6.23. The summed E-state index contributed by atoms with van der Waals surface area (Å²) >= 11 is 0. The number of H-pyrrole nitrogens is 1. The van der Waals surface area contributed by atoms with Gasteiger partial charge in [-0.05, 0) is 43.9 Å².